The molecule has 23 heavy (non-hydrogen) atoms. The van der Waals surface area contributed by atoms with Gasteiger partial charge in [-0.05, 0) is 37.0 Å². The highest BCUT2D eigenvalue weighted by Gasteiger charge is 2.33. The Morgan fingerprint density at radius 3 is 2.70 bits per heavy atom. The summed E-state index contributed by atoms with van der Waals surface area (Å²) in [6, 6.07) is 6.41. The van der Waals surface area contributed by atoms with Crippen molar-refractivity contribution in [3.63, 3.8) is 0 Å². The molecule has 0 spiro atoms. The first kappa shape index (κ1) is 16.4. The largest absolute Gasteiger partial charge is 0.392 e. The molecule has 2 saturated heterocycles. The zero-order valence-corrected chi connectivity index (χ0v) is 13.1. The minimum Gasteiger partial charge on any atom is -0.392 e. The van der Waals surface area contributed by atoms with Crippen molar-refractivity contribution in [2.45, 2.75) is 37.5 Å². The van der Waals surface area contributed by atoms with E-state index in [0.717, 1.165) is 18.4 Å². The van der Waals surface area contributed by atoms with E-state index in [4.69, 9.17) is 4.74 Å². The number of hydrogen-bond donors (Lipinski definition) is 2. The summed E-state index contributed by atoms with van der Waals surface area (Å²) in [5, 5.41) is 13.0. The monoisotopic (exact) mass is 322 g/mol. The predicted molar refractivity (Wildman–Crippen MR) is 83.3 cm³/mol. The molecule has 2 atom stereocenters. The van der Waals surface area contributed by atoms with Gasteiger partial charge in [-0.2, -0.15) is 0 Å². The molecule has 2 N–H and O–H groups in total. The molecule has 0 bridgehead atoms. The molecule has 2 fully saturated rings. The van der Waals surface area contributed by atoms with Gasteiger partial charge in [-0.25, -0.2) is 4.39 Å². The van der Waals surface area contributed by atoms with Gasteiger partial charge in [0, 0.05) is 31.8 Å². The average molecular weight is 322 g/mol. The van der Waals surface area contributed by atoms with Crippen LogP contribution in [0.15, 0.2) is 24.3 Å². The van der Waals surface area contributed by atoms with Crippen molar-refractivity contribution in [3.05, 3.63) is 35.6 Å². The molecule has 2 heterocycles. The van der Waals surface area contributed by atoms with E-state index >= 15 is 0 Å². The number of ether oxygens (including phenoxy) is 1. The molecule has 1 amide bonds. The third-order valence-corrected chi connectivity index (χ3v) is 4.57. The number of benzene rings is 1. The van der Waals surface area contributed by atoms with Gasteiger partial charge < -0.3 is 15.2 Å². The van der Waals surface area contributed by atoms with E-state index in [1.165, 1.54) is 12.1 Å². The molecule has 6 heteroatoms. The summed E-state index contributed by atoms with van der Waals surface area (Å²) in [5.74, 6) is -0.311. The third kappa shape index (κ3) is 4.28. The maximum absolute atomic E-state index is 13.1. The summed E-state index contributed by atoms with van der Waals surface area (Å²) in [6.45, 7) is 2.08. The molecule has 0 saturated carbocycles. The van der Waals surface area contributed by atoms with E-state index in [2.05, 4.69) is 5.32 Å². The Labute approximate surface area is 135 Å². The lowest BCUT2D eigenvalue weighted by Crippen LogP contribution is -2.44. The van der Waals surface area contributed by atoms with Crippen molar-refractivity contribution in [2.24, 2.45) is 0 Å². The molecule has 0 radical (unpaired) electrons. The van der Waals surface area contributed by atoms with Crippen molar-refractivity contribution in [3.8, 4) is 0 Å². The number of carbonyl (C=O) groups is 1. The summed E-state index contributed by atoms with van der Waals surface area (Å²) in [6.07, 6.45) is 1.79. The highest BCUT2D eigenvalue weighted by molar-refractivity contribution is 5.78. The molecular formula is C17H23FN2O3. The Balaban J connectivity index is 1.60. The fourth-order valence-electron chi connectivity index (χ4n) is 3.39. The number of hydrogen-bond acceptors (Lipinski definition) is 4. The zero-order chi connectivity index (χ0) is 16.2. The van der Waals surface area contributed by atoms with Gasteiger partial charge in [-0.15, -0.1) is 0 Å². The van der Waals surface area contributed by atoms with Crippen LogP contribution in [0.5, 0.6) is 0 Å². The number of amides is 1. The van der Waals surface area contributed by atoms with E-state index in [1.54, 1.807) is 12.1 Å². The summed E-state index contributed by atoms with van der Waals surface area (Å²) in [4.78, 5) is 14.2. The smallest absolute Gasteiger partial charge is 0.234 e. The summed E-state index contributed by atoms with van der Waals surface area (Å²) < 4.78 is 18.4. The zero-order valence-electron chi connectivity index (χ0n) is 13.1. The van der Waals surface area contributed by atoms with Gasteiger partial charge in [0.15, 0.2) is 0 Å². The molecule has 1 aromatic rings. The molecule has 2 aliphatic rings. The molecule has 1 aromatic carbocycles. The third-order valence-electron chi connectivity index (χ3n) is 4.57. The van der Waals surface area contributed by atoms with Gasteiger partial charge >= 0.3 is 0 Å². The van der Waals surface area contributed by atoms with E-state index < -0.39 is 6.10 Å². The second-order valence-electron chi connectivity index (χ2n) is 6.34. The van der Waals surface area contributed by atoms with Crippen LogP contribution in [0.1, 0.15) is 30.9 Å². The Bertz CT molecular complexity index is 531. The fourth-order valence-corrected chi connectivity index (χ4v) is 3.39. The molecule has 2 aliphatic heterocycles. The van der Waals surface area contributed by atoms with Gasteiger partial charge in [0.25, 0.3) is 0 Å². The molecular weight excluding hydrogens is 299 g/mol. The van der Waals surface area contributed by atoms with Crippen LogP contribution >= 0.6 is 0 Å². The quantitative estimate of drug-likeness (QED) is 0.875. The summed E-state index contributed by atoms with van der Waals surface area (Å²) in [7, 11) is 0. The Morgan fingerprint density at radius 2 is 2.00 bits per heavy atom. The van der Waals surface area contributed by atoms with Crippen molar-refractivity contribution < 1.29 is 19.0 Å². The number of aliphatic hydroxyl groups is 1. The highest BCUT2D eigenvalue weighted by Crippen LogP contribution is 2.31. The van der Waals surface area contributed by atoms with Crippen LogP contribution in [-0.2, 0) is 9.53 Å². The first-order valence-corrected chi connectivity index (χ1v) is 8.16. The normalized spacial score (nSPS) is 26.3. The summed E-state index contributed by atoms with van der Waals surface area (Å²) in [5.41, 5.74) is 0.932. The molecule has 0 unspecified atom stereocenters. The Morgan fingerprint density at radius 1 is 1.30 bits per heavy atom. The first-order valence-electron chi connectivity index (χ1n) is 8.16. The molecule has 0 aliphatic carbocycles. The van der Waals surface area contributed by atoms with Crippen LogP contribution in [0.4, 0.5) is 4.39 Å². The van der Waals surface area contributed by atoms with E-state index in [-0.39, 0.29) is 30.4 Å². The number of carbonyl (C=O) groups excluding carboxylic acids is 1. The molecule has 3 rings (SSSR count). The van der Waals surface area contributed by atoms with Crippen molar-refractivity contribution in [1.82, 2.24) is 10.2 Å². The molecule has 126 valence electrons. The minimum absolute atomic E-state index is 0.0295. The number of rotatable bonds is 4. The number of nitrogens with zero attached hydrogens (tertiary/aromatic N) is 1. The Hall–Kier alpha value is -1.50. The topological polar surface area (TPSA) is 61.8 Å². The van der Waals surface area contributed by atoms with Crippen molar-refractivity contribution in [2.75, 3.05) is 26.3 Å². The van der Waals surface area contributed by atoms with Gasteiger partial charge in [0.05, 0.1) is 12.6 Å². The first-order chi connectivity index (χ1) is 11.1. The lowest BCUT2D eigenvalue weighted by molar-refractivity contribution is -0.123. The van der Waals surface area contributed by atoms with Crippen LogP contribution in [0.25, 0.3) is 0 Å². The van der Waals surface area contributed by atoms with Gasteiger partial charge in [0.2, 0.25) is 5.91 Å². The van der Waals surface area contributed by atoms with Crippen LogP contribution in [0.3, 0.4) is 0 Å². The van der Waals surface area contributed by atoms with Gasteiger partial charge in [-0.3, -0.25) is 9.69 Å². The maximum atomic E-state index is 13.1. The SMILES string of the molecule is O=C(CN1C[C@@H](O)C[C@@H]1c1ccc(F)cc1)NC1CCOCC1. The van der Waals surface area contributed by atoms with E-state index in [0.29, 0.717) is 26.2 Å². The Kier molecular flexibility index (Phi) is 5.25. The van der Waals surface area contributed by atoms with Crippen LogP contribution in [0.2, 0.25) is 0 Å². The fraction of sp³-hybridized carbons (Fsp3) is 0.588. The second kappa shape index (κ2) is 7.38. The highest BCUT2D eigenvalue weighted by atomic mass is 19.1. The van der Waals surface area contributed by atoms with Crippen LogP contribution in [0, 0.1) is 5.82 Å². The van der Waals surface area contributed by atoms with Crippen molar-refractivity contribution >= 4 is 5.91 Å². The number of β-amino-alcohol motifs (C(OH)–C–C–N with tert-alkyl or cyclic N) is 1. The maximum Gasteiger partial charge on any atom is 0.234 e. The molecule has 5 nitrogen and oxygen atoms in total. The van der Waals surface area contributed by atoms with Crippen molar-refractivity contribution in [1.29, 1.82) is 0 Å². The number of nitrogens with one attached hydrogen (secondary N) is 1. The standard InChI is InChI=1S/C17H23FN2O3/c18-13-3-1-12(2-4-13)16-9-15(21)10-20(16)11-17(22)19-14-5-7-23-8-6-14/h1-4,14-16,21H,5-11H2,(H,19,22)/t15-,16+/m0/s1. The van der Waals surface area contributed by atoms with Crippen LogP contribution in [-0.4, -0.2) is 54.4 Å². The second-order valence-corrected chi connectivity index (χ2v) is 6.34. The average Bonchev–Trinajstić information content (AvgIpc) is 2.89. The molecule has 0 aromatic heterocycles. The number of halogens is 1. The van der Waals surface area contributed by atoms with Gasteiger partial charge in [-0.1, -0.05) is 12.1 Å². The minimum atomic E-state index is -0.457. The van der Waals surface area contributed by atoms with E-state index in [9.17, 15) is 14.3 Å². The predicted octanol–water partition coefficient (Wildman–Crippen LogP) is 1.23. The lowest BCUT2D eigenvalue weighted by atomic mass is 10.0. The lowest BCUT2D eigenvalue weighted by Gasteiger charge is -2.27. The van der Waals surface area contributed by atoms with Crippen LogP contribution < -0.4 is 5.32 Å². The number of aliphatic hydroxyl groups excluding tert-OH is 1. The summed E-state index contributed by atoms with van der Waals surface area (Å²) >= 11 is 0. The van der Waals surface area contributed by atoms with Gasteiger partial charge in [0.1, 0.15) is 5.82 Å². The van der Waals surface area contributed by atoms with E-state index in [1.807, 2.05) is 4.90 Å². The number of likely N-dealkylation sites (tertiary alicyclic amines) is 1.